The highest BCUT2D eigenvalue weighted by atomic mass is 79.9. The number of rotatable bonds is 6. The van der Waals surface area contributed by atoms with Crippen LogP contribution in [0.4, 0.5) is 0 Å². The van der Waals surface area contributed by atoms with E-state index in [1.54, 1.807) is 0 Å². The maximum Gasteiger partial charge on any atom is 0.0576 e. The third-order valence-corrected chi connectivity index (χ3v) is 2.94. The molecule has 0 radical (unpaired) electrons. The molecule has 1 aliphatic heterocycles. The van der Waals surface area contributed by atoms with Crippen molar-refractivity contribution in [3.05, 3.63) is 0 Å². The third kappa shape index (κ3) is 5.32. The molecular weight excluding hydrogens is 242 g/mol. The molecule has 14 heavy (non-hydrogen) atoms. The molecule has 1 heterocycles. The van der Waals surface area contributed by atoms with Crippen LogP contribution in [0.5, 0.6) is 0 Å². The van der Waals surface area contributed by atoms with Gasteiger partial charge in [-0.25, -0.2) is 0 Å². The molecule has 0 aromatic rings. The zero-order valence-corrected chi connectivity index (χ0v) is 10.9. The van der Waals surface area contributed by atoms with Gasteiger partial charge in [-0.1, -0.05) is 22.9 Å². The second-order valence-electron chi connectivity index (χ2n) is 4.32. The maximum atomic E-state index is 5.59. The van der Waals surface area contributed by atoms with Gasteiger partial charge in [0.1, 0.15) is 0 Å². The number of halogens is 1. The van der Waals surface area contributed by atoms with E-state index >= 15 is 0 Å². The fraction of sp³-hybridized carbons (Fsp3) is 1.00. The van der Waals surface area contributed by atoms with Gasteiger partial charge >= 0.3 is 0 Å². The number of ether oxygens (including phenoxy) is 1. The summed E-state index contributed by atoms with van der Waals surface area (Å²) in [6.45, 7) is 5.50. The number of alkyl halides is 1. The highest BCUT2D eigenvalue weighted by Crippen LogP contribution is 2.16. The number of hydrogen-bond donors (Lipinski definition) is 0. The molecule has 0 aromatic carbocycles. The van der Waals surface area contributed by atoms with Crippen LogP contribution in [-0.2, 0) is 4.74 Å². The minimum absolute atomic E-state index is 0.560. The molecule has 1 saturated heterocycles. The quantitative estimate of drug-likeness (QED) is 0.684. The van der Waals surface area contributed by atoms with Gasteiger partial charge in [0, 0.05) is 18.0 Å². The molecule has 84 valence electrons. The SMILES string of the molecule is CC(Br)CN(C)CCCC1CCCO1. The summed E-state index contributed by atoms with van der Waals surface area (Å²) in [4.78, 5) is 2.98. The lowest BCUT2D eigenvalue weighted by Gasteiger charge is -2.18. The van der Waals surface area contributed by atoms with Crippen LogP contribution in [0.2, 0.25) is 0 Å². The minimum Gasteiger partial charge on any atom is -0.378 e. The molecule has 3 heteroatoms. The molecule has 1 rings (SSSR count). The van der Waals surface area contributed by atoms with Gasteiger partial charge in [0.05, 0.1) is 6.10 Å². The van der Waals surface area contributed by atoms with Crippen molar-refractivity contribution in [2.24, 2.45) is 0 Å². The second kappa shape index (κ2) is 6.81. The first-order chi connectivity index (χ1) is 6.68. The van der Waals surface area contributed by atoms with E-state index in [0.29, 0.717) is 10.9 Å². The van der Waals surface area contributed by atoms with Gasteiger partial charge in [0.25, 0.3) is 0 Å². The topological polar surface area (TPSA) is 12.5 Å². The van der Waals surface area contributed by atoms with E-state index < -0.39 is 0 Å². The first-order valence-electron chi connectivity index (χ1n) is 5.62. The van der Waals surface area contributed by atoms with E-state index in [4.69, 9.17) is 4.74 Å². The second-order valence-corrected chi connectivity index (χ2v) is 5.88. The van der Waals surface area contributed by atoms with Gasteiger partial charge in [-0.15, -0.1) is 0 Å². The zero-order chi connectivity index (χ0) is 10.4. The maximum absolute atomic E-state index is 5.59. The van der Waals surface area contributed by atoms with Crippen molar-refractivity contribution in [2.45, 2.75) is 43.5 Å². The fourth-order valence-corrected chi connectivity index (χ4v) is 2.48. The molecule has 0 aromatic heterocycles. The third-order valence-electron chi connectivity index (χ3n) is 2.65. The highest BCUT2D eigenvalue weighted by molar-refractivity contribution is 9.09. The predicted molar refractivity (Wildman–Crippen MR) is 64.1 cm³/mol. The summed E-state index contributed by atoms with van der Waals surface area (Å²) in [7, 11) is 2.19. The number of nitrogens with zero attached hydrogens (tertiary/aromatic N) is 1. The summed E-state index contributed by atoms with van der Waals surface area (Å²) in [5.74, 6) is 0. The molecule has 1 fully saturated rings. The Hall–Kier alpha value is 0.400. The summed E-state index contributed by atoms with van der Waals surface area (Å²) < 4.78 is 5.59. The monoisotopic (exact) mass is 263 g/mol. The predicted octanol–water partition coefficient (Wildman–Crippen LogP) is 2.66. The van der Waals surface area contributed by atoms with E-state index in [1.807, 2.05) is 0 Å². The largest absolute Gasteiger partial charge is 0.378 e. The first-order valence-corrected chi connectivity index (χ1v) is 6.54. The standard InChI is InChI=1S/C11H22BrNO/c1-10(12)9-13(2)7-3-5-11-6-4-8-14-11/h10-11H,3-9H2,1-2H3. The van der Waals surface area contributed by atoms with E-state index in [0.717, 1.165) is 13.2 Å². The summed E-state index contributed by atoms with van der Waals surface area (Å²) >= 11 is 3.57. The van der Waals surface area contributed by atoms with Gasteiger partial charge in [0.15, 0.2) is 0 Å². The minimum atomic E-state index is 0.560. The van der Waals surface area contributed by atoms with Crippen LogP contribution >= 0.6 is 15.9 Å². The lowest BCUT2D eigenvalue weighted by atomic mass is 10.1. The van der Waals surface area contributed by atoms with Crippen molar-refractivity contribution in [1.29, 1.82) is 0 Å². The summed E-state index contributed by atoms with van der Waals surface area (Å²) in [6, 6.07) is 0. The number of hydrogen-bond acceptors (Lipinski definition) is 2. The Kier molecular flexibility index (Phi) is 6.06. The molecule has 2 unspecified atom stereocenters. The Bertz CT molecular complexity index is 146. The highest BCUT2D eigenvalue weighted by Gasteiger charge is 2.14. The van der Waals surface area contributed by atoms with Crippen LogP contribution in [0.15, 0.2) is 0 Å². The zero-order valence-electron chi connectivity index (χ0n) is 9.34. The van der Waals surface area contributed by atoms with Gasteiger partial charge in [-0.3, -0.25) is 0 Å². The Morgan fingerprint density at radius 3 is 2.93 bits per heavy atom. The van der Waals surface area contributed by atoms with Crippen molar-refractivity contribution < 1.29 is 4.74 Å². The van der Waals surface area contributed by atoms with E-state index in [1.165, 1.54) is 32.2 Å². The summed E-state index contributed by atoms with van der Waals surface area (Å²) in [6.07, 6.45) is 5.60. The molecule has 2 nitrogen and oxygen atoms in total. The van der Waals surface area contributed by atoms with Crippen LogP contribution in [0.1, 0.15) is 32.6 Å². The van der Waals surface area contributed by atoms with Crippen LogP contribution in [0, 0.1) is 0 Å². The Morgan fingerprint density at radius 2 is 2.36 bits per heavy atom. The lowest BCUT2D eigenvalue weighted by Crippen LogP contribution is -2.26. The Balaban J connectivity index is 1.96. The summed E-state index contributed by atoms with van der Waals surface area (Å²) in [5.41, 5.74) is 0. The van der Waals surface area contributed by atoms with Gasteiger partial charge in [0.2, 0.25) is 0 Å². The Morgan fingerprint density at radius 1 is 1.57 bits per heavy atom. The molecule has 0 bridgehead atoms. The van der Waals surface area contributed by atoms with Crippen molar-refractivity contribution in [2.75, 3.05) is 26.7 Å². The van der Waals surface area contributed by atoms with Gasteiger partial charge in [-0.2, -0.15) is 0 Å². The lowest BCUT2D eigenvalue weighted by molar-refractivity contribution is 0.0998. The molecule has 2 atom stereocenters. The molecule has 0 saturated carbocycles. The van der Waals surface area contributed by atoms with E-state index in [9.17, 15) is 0 Å². The van der Waals surface area contributed by atoms with E-state index in [-0.39, 0.29) is 0 Å². The van der Waals surface area contributed by atoms with Gasteiger partial charge in [-0.05, 0) is 39.3 Å². The van der Waals surface area contributed by atoms with E-state index in [2.05, 4.69) is 34.8 Å². The normalized spacial score (nSPS) is 24.4. The van der Waals surface area contributed by atoms with Crippen LogP contribution in [0.3, 0.4) is 0 Å². The molecule has 1 aliphatic rings. The van der Waals surface area contributed by atoms with Crippen LogP contribution < -0.4 is 0 Å². The molecular formula is C11H22BrNO. The van der Waals surface area contributed by atoms with Crippen molar-refractivity contribution in [3.63, 3.8) is 0 Å². The molecule has 0 spiro atoms. The fourth-order valence-electron chi connectivity index (χ4n) is 1.98. The average Bonchev–Trinajstić information content (AvgIpc) is 2.55. The van der Waals surface area contributed by atoms with Gasteiger partial charge < -0.3 is 9.64 Å². The molecule has 0 aliphatic carbocycles. The van der Waals surface area contributed by atoms with Crippen molar-refractivity contribution in [3.8, 4) is 0 Å². The average molecular weight is 264 g/mol. The van der Waals surface area contributed by atoms with Crippen LogP contribution in [-0.4, -0.2) is 42.6 Å². The first kappa shape index (κ1) is 12.5. The van der Waals surface area contributed by atoms with Crippen LogP contribution in [0.25, 0.3) is 0 Å². The van der Waals surface area contributed by atoms with Crippen molar-refractivity contribution in [1.82, 2.24) is 4.90 Å². The summed E-state index contributed by atoms with van der Waals surface area (Å²) in [5, 5.41) is 0. The molecule has 0 N–H and O–H groups in total. The molecule has 0 amide bonds. The van der Waals surface area contributed by atoms with Crippen molar-refractivity contribution >= 4 is 15.9 Å². The Labute approximate surface area is 96.1 Å². The smallest absolute Gasteiger partial charge is 0.0576 e.